The molecule has 50 heavy (non-hydrogen) atoms. The third-order valence-electron chi connectivity index (χ3n) is 10.1. The van der Waals surface area contributed by atoms with Gasteiger partial charge >= 0.3 is 6.18 Å². The highest BCUT2D eigenvalue weighted by Gasteiger charge is 2.44. The predicted octanol–water partition coefficient (Wildman–Crippen LogP) is 6.05. The van der Waals surface area contributed by atoms with Crippen molar-refractivity contribution in [2.75, 3.05) is 18.5 Å². The Hall–Kier alpha value is -5.08. The highest BCUT2D eigenvalue weighted by Crippen LogP contribution is 2.48. The van der Waals surface area contributed by atoms with Crippen LogP contribution in [-0.4, -0.2) is 67.0 Å². The standard InChI is InChI=1S/C36H30F5N5O4/c1-44-17-42-32-26(44)16-22(36(39,40)41)30-21-4-2-10-46-27(14-18(33(21)46)8-11-50-35(30)32)34(49)19-12-23(37)31(24(38)13-19)43-29(48)5-3-9-45-20-6-7-25(45)28(47)15-20/h2-5,10,12-14,16-17,20,25,28,47H,6-9,11,15H2,1H3,(H,43,48)/b5-3+/t20-,25+,28+/m1/s1. The minimum atomic E-state index is -4.76. The molecule has 5 aromatic rings. The number of imidazole rings is 1. The largest absolute Gasteiger partial charge is 0.490 e. The van der Waals surface area contributed by atoms with Crippen LogP contribution >= 0.6 is 0 Å². The number of alkyl halides is 3. The fourth-order valence-electron chi connectivity index (χ4n) is 7.81. The van der Waals surface area contributed by atoms with Gasteiger partial charge in [0.05, 0.1) is 41.3 Å². The van der Waals surface area contributed by atoms with Gasteiger partial charge < -0.3 is 24.1 Å². The highest BCUT2D eigenvalue weighted by molar-refractivity contribution is 6.10. The van der Waals surface area contributed by atoms with Gasteiger partial charge in [0, 0.05) is 61.1 Å². The maximum absolute atomic E-state index is 15.3. The van der Waals surface area contributed by atoms with Crippen molar-refractivity contribution in [2.24, 2.45) is 7.05 Å². The average molecular weight is 692 g/mol. The first kappa shape index (κ1) is 32.1. The molecule has 1 amide bonds. The molecule has 3 atom stereocenters. The fraction of sp³-hybridized carbons (Fsp3) is 0.306. The second-order valence-electron chi connectivity index (χ2n) is 13.0. The molecule has 0 saturated carbocycles. The molecule has 0 aliphatic carbocycles. The molecule has 0 radical (unpaired) electrons. The van der Waals surface area contributed by atoms with Gasteiger partial charge in [-0.1, -0.05) is 12.1 Å². The van der Waals surface area contributed by atoms with E-state index in [1.165, 1.54) is 45.8 Å². The number of aromatic nitrogens is 3. The van der Waals surface area contributed by atoms with Crippen LogP contribution in [0.5, 0.6) is 5.75 Å². The number of hydrogen-bond donors (Lipinski definition) is 2. The number of carbonyl (C=O) groups excluding carboxylic acids is 2. The molecule has 9 nitrogen and oxygen atoms in total. The molecule has 0 spiro atoms. The average Bonchev–Trinajstić information content (AvgIpc) is 3.82. The second kappa shape index (κ2) is 11.8. The maximum Gasteiger partial charge on any atom is 0.417 e. The van der Waals surface area contributed by atoms with Crippen molar-refractivity contribution >= 4 is 33.9 Å². The van der Waals surface area contributed by atoms with Crippen LogP contribution in [0.2, 0.25) is 0 Å². The number of pyridine rings is 1. The molecule has 258 valence electrons. The van der Waals surface area contributed by atoms with Crippen LogP contribution in [0.25, 0.3) is 27.7 Å². The number of aliphatic hydroxyl groups excluding tert-OH is 1. The Kier molecular flexibility index (Phi) is 7.56. The summed E-state index contributed by atoms with van der Waals surface area (Å²) in [6, 6.07) is 7.42. The zero-order valence-corrected chi connectivity index (χ0v) is 26.6. The van der Waals surface area contributed by atoms with Crippen LogP contribution < -0.4 is 10.1 Å². The van der Waals surface area contributed by atoms with Gasteiger partial charge in [0.1, 0.15) is 22.8 Å². The summed E-state index contributed by atoms with van der Waals surface area (Å²) in [6.45, 7) is 0.394. The molecular formula is C36H30F5N5O4. The van der Waals surface area contributed by atoms with Crippen LogP contribution in [-0.2, 0) is 24.4 Å². The number of carbonyl (C=O) groups is 2. The first-order chi connectivity index (χ1) is 23.9. The van der Waals surface area contributed by atoms with Gasteiger partial charge in [-0.2, -0.15) is 13.2 Å². The van der Waals surface area contributed by atoms with Crippen molar-refractivity contribution < 1.29 is 41.4 Å². The lowest BCUT2D eigenvalue weighted by Crippen LogP contribution is -2.32. The lowest BCUT2D eigenvalue weighted by Gasteiger charge is -2.22. The van der Waals surface area contributed by atoms with Crippen molar-refractivity contribution in [1.82, 2.24) is 18.9 Å². The van der Waals surface area contributed by atoms with E-state index in [4.69, 9.17) is 4.74 Å². The molecule has 2 N–H and O–H groups in total. The van der Waals surface area contributed by atoms with Gasteiger partial charge in [-0.15, -0.1) is 0 Å². The molecule has 2 bridgehead atoms. The highest BCUT2D eigenvalue weighted by atomic mass is 19.4. The number of ether oxygens (including phenoxy) is 1. The molecule has 2 fully saturated rings. The lowest BCUT2D eigenvalue weighted by atomic mass is 9.94. The molecule has 2 aromatic carbocycles. The molecule has 14 heteroatoms. The molecule has 3 aliphatic heterocycles. The third kappa shape index (κ3) is 5.16. The summed E-state index contributed by atoms with van der Waals surface area (Å²) >= 11 is 0. The van der Waals surface area contributed by atoms with E-state index in [1.54, 1.807) is 13.1 Å². The first-order valence-electron chi connectivity index (χ1n) is 16.2. The van der Waals surface area contributed by atoms with Crippen LogP contribution in [0.15, 0.2) is 61.1 Å². The van der Waals surface area contributed by atoms with Gasteiger partial charge in [0.15, 0.2) is 5.75 Å². The molecule has 3 aromatic heterocycles. The fourth-order valence-corrected chi connectivity index (χ4v) is 7.81. The molecule has 6 heterocycles. The van der Waals surface area contributed by atoms with E-state index in [0.717, 1.165) is 31.0 Å². The minimum Gasteiger partial charge on any atom is -0.490 e. The smallest absolute Gasteiger partial charge is 0.417 e. The van der Waals surface area contributed by atoms with E-state index in [1.807, 2.05) is 0 Å². The molecule has 3 aliphatic rings. The number of aliphatic hydroxyl groups is 1. The van der Waals surface area contributed by atoms with Crippen molar-refractivity contribution in [2.45, 2.75) is 50.0 Å². The van der Waals surface area contributed by atoms with Crippen molar-refractivity contribution in [3.63, 3.8) is 0 Å². The van der Waals surface area contributed by atoms with Crippen molar-refractivity contribution in [3.8, 4) is 16.9 Å². The Bertz CT molecular complexity index is 2230. The molecular weight excluding hydrogens is 661 g/mol. The number of ketones is 1. The Morgan fingerprint density at radius 1 is 1.14 bits per heavy atom. The number of anilines is 1. The number of nitrogens with one attached hydrogen (secondary N) is 1. The number of fused-ring (bicyclic) bond motifs is 6. The zero-order chi connectivity index (χ0) is 35.1. The number of amides is 1. The van der Waals surface area contributed by atoms with Gasteiger partial charge in [-0.05, 0) is 55.2 Å². The summed E-state index contributed by atoms with van der Waals surface area (Å²) in [4.78, 5) is 32.8. The van der Waals surface area contributed by atoms with E-state index in [-0.39, 0.29) is 64.3 Å². The summed E-state index contributed by atoms with van der Waals surface area (Å²) in [6.07, 6.45) is 3.26. The van der Waals surface area contributed by atoms with Gasteiger partial charge in [0.25, 0.3) is 0 Å². The van der Waals surface area contributed by atoms with Crippen molar-refractivity contribution in [1.29, 1.82) is 0 Å². The van der Waals surface area contributed by atoms with E-state index >= 15 is 8.78 Å². The first-order valence-corrected chi connectivity index (χ1v) is 16.2. The summed E-state index contributed by atoms with van der Waals surface area (Å²) in [5.74, 6) is -3.92. The number of hydrogen-bond acceptors (Lipinski definition) is 6. The lowest BCUT2D eigenvalue weighted by molar-refractivity contribution is -0.137. The van der Waals surface area contributed by atoms with Crippen LogP contribution in [0.4, 0.5) is 27.6 Å². The quantitative estimate of drug-likeness (QED) is 0.128. The zero-order valence-electron chi connectivity index (χ0n) is 26.6. The number of halogens is 5. The second-order valence-corrected chi connectivity index (χ2v) is 13.0. The monoisotopic (exact) mass is 691 g/mol. The topological polar surface area (TPSA) is 101 Å². The van der Waals surface area contributed by atoms with Crippen LogP contribution in [0, 0.1) is 11.6 Å². The number of aryl methyl sites for hydroxylation is 1. The summed E-state index contributed by atoms with van der Waals surface area (Å²) in [5, 5.41) is 12.3. The van der Waals surface area contributed by atoms with Crippen LogP contribution in [0.1, 0.15) is 46.4 Å². The van der Waals surface area contributed by atoms with Crippen LogP contribution in [0.3, 0.4) is 0 Å². The summed E-state index contributed by atoms with van der Waals surface area (Å²) in [5.41, 5.74) is -0.755. The normalized spacial score (nSPS) is 20.3. The SMILES string of the molecule is Cn1cnc2c3c(c(C(F)(F)F)cc21)-c1cccn2c(C(=O)c4cc(F)c(NC(=O)/C=C/CN5[C@@H]6CC[C@H]5[C@@H](O)C6)c(F)c4)cc(c12)CCO3. The number of nitrogens with zero attached hydrogens (tertiary/aromatic N) is 4. The Morgan fingerprint density at radius 2 is 1.92 bits per heavy atom. The predicted molar refractivity (Wildman–Crippen MR) is 173 cm³/mol. The minimum absolute atomic E-state index is 0.0190. The number of rotatable bonds is 6. The third-order valence-corrected chi connectivity index (χ3v) is 10.1. The van der Waals surface area contributed by atoms with E-state index < -0.39 is 46.9 Å². The summed E-state index contributed by atoms with van der Waals surface area (Å²) < 4.78 is 83.2. The van der Waals surface area contributed by atoms with Gasteiger partial charge in [-0.3, -0.25) is 14.5 Å². The van der Waals surface area contributed by atoms with E-state index in [9.17, 15) is 27.9 Å². The van der Waals surface area contributed by atoms with E-state index in [0.29, 0.717) is 24.0 Å². The molecule has 0 unspecified atom stereocenters. The number of benzene rings is 2. The van der Waals surface area contributed by atoms with Crippen molar-refractivity contribution in [3.05, 3.63) is 95.1 Å². The Balaban J connectivity index is 1.11. The van der Waals surface area contributed by atoms with E-state index in [2.05, 4.69) is 15.2 Å². The van der Waals surface area contributed by atoms with Gasteiger partial charge in [0.2, 0.25) is 11.7 Å². The summed E-state index contributed by atoms with van der Waals surface area (Å²) in [7, 11) is 1.59. The Morgan fingerprint density at radius 3 is 2.62 bits per heavy atom. The van der Waals surface area contributed by atoms with Gasteiger partial charge in [-0.25, -0.2) is 13.8 Å². The molecule has 8 rings (SSSR count). The maximum atomic E-state index is 15.3. The Labute approximate surface area is 281 Å². The molecule has 2 saturated heterocycles.